The number of fused-ring (bicyclic) bond motifs is 2. The summed E-state index contributed by atoms with van der Waals surface area (Å²) in [5.41, 5.74) is 12.4. The summed E-state index contributed by atoms with van der Waals surface area (Å²) in [5.74, 6) is 0.0856. The molecule has 0 saturated carbocycles. The number of aryl methyl sites for hydroxylation is 1. The summed E-state index contributed by atoms with van der Waals surface area (Å²) < 4.78 is 0. The van der Waals surface area contributed by atoms with Crippen molar-refractivity contribution < 1.29 is 4.79 Å². The monoisotopic (exact) mass is 470 g/mol. The van der Waals surface area contributed by atoms with Crippen molar-refractivity contribution in [2.45, 2.75) is 38.4 Å². The Hall–Kier alpha value is -3.01. The highest BCUT2D eigenvalue weighted by atomic mass is 31.0. The van der Waals surface area contributed by atoms with Crippen LogP contribution in [0.5, 0.6) is 0 Å². The number of hydrogen-bond acceptors (Lipinski definition) is 4. The third-order valence-corrected chi connectivity index (χ3v) is 7.39. The van der Waals surface area contributed by atoms with Gasteiger partial charge in [0, 0.05) is 61.4 Å². The topological polar surface area (TPSA) is 62.5 Å². The van der Waals surface area contributed by atoms with Crippen LogP contribution in [0.2, 0.25) is 0 Å². The number of rotatable bonds is 5. The first-order valence-corrected chi connectivity index (χ1v) is 12.4. The van der Waals surface area contributed by atoms with E-state index in [4.69, 9.17) is 5.73 Å². The van der Waals surface area contributed by atoms with E-state index in [9.17, 15) is 4.79 Å². The lowest BCUT2D eigenvalue weighted by atomic mass is 9.97. The van der Waals surface area contributed by atoms with Gasteiger partial charge >= 0.3 is 0 Å². The molecule has 2 fully saturated rings. The molecule has 3 aromatic rings. The number of amides is 1. The van der Waals surface area contributed by atoms with Crippen molar-refractivity contribution in [3.8, 4) is 11.1 Å². The Balaban J connectivity index is 1.29. The number of hydrogen-bond donors (Lipinski definition) is 1. The summed E-state index contributed by atoms with van der Waals surface area (Å²) in [7, 11) is 2.73. The van der Waals surface area contributed by atoms with Crippen LogP contribution in [0.4, 0.5) is 5.69 Å². The predicted octanol–water partition coefficient (Wildman–Crippen LogP) is 4.03. The Labute approximate surface area is 203 Å². The Morgan fingerprint density at radius 1 is 1.15 bits per heavy atom. The van der Waals surface area contributed by atoms with Gasteiger partial charge in [0.1, 0.15) is 0 Å². The minimum Gasteiger partial charge on any atom is -0.398 e. The largest absolute Gasteiger partial charge is 0.398 e. The van der Waals surface area contributed by atoms with Gasteiger partial charge in [0.2, 0.25) is 5.91 Å². The first-order chi connectivity index (χ1) is 16.5. The number of nitrogens with two attached hydrogens (primary N) is 1. The summed E-state index contributed by atoms with van der Waals surface area (Å²) >= 11 is 0. The molecule has 2 aliphatic rings. The Kier molecular flexibility index (Phi) is 6.49. The maximum Gasteiger partial charge on any atom is 0.247 e. The van der Waals surface area contributed by atoms with Gasteiger partial charge in [-0.2, -0.15) is 0 Å². The average molecular weight is 471 g/mol. The predicted molar refractivity (Wildman–Crippen MR) is 143 cm³/mol. The first-order valence-electron chi connectivity index (χ1n) is 11.9. The van der Waals surface area contributed by atoms with Crippen LogP contribution in [0, 0.1) is 6.92 Å². The van der Waals surface area contributed by atoms with E-state index in [-0.39, 0.29) is 18.0 Å². The van der Waals surface area contributed by atoms with Crippen molar-refractivity contribution in [3.05, 3.63) is 83.7 Å². The quantitative estimate of drug-likeness (QED) is 0.348. The summed E-state index contributed by atoms with van der Waals surface area (Å²) in [5, 5.41) is 1.20. The van der Waals surface area contributed by atoms with Crippen molar-refractivity contribution in [3.63, 3.8) is 0 Å². The number of anilines is 1. The number of benzene rings is 2. The van der Waals surface area contributed by atoms with Gasteiger partial charge in [0.15, 0.2) is 0 Å². The molecule has 3 unspecified atom stereocenters. The third-order valence-electron chi connectivity index (χ3n) is 7.01. The van der Waals surface area contributed by atoms with E-state index in [1.165, 1.54) is 10.9 Å². The Morgan fingerprint density at radius 2 is 1.88 bits per heavy atom. The maximum atomic E-state index is 13.2. The van der Waals surface area contributed by atoms with Crippen LogP contribution < -0.4 is 11.0 Å². The molecule has 2 N–H and O–H groups in total. The standard InChI is InChI=1S/C28H31N4OP/c1-19-13-27(29)21(14-26(19)22-3-2-12-30-15-22)6-11-28(33)32-23-7-8-24(32)18-31(17-23)16-20-4-9-25(34)10-5-20/h2-6,9-15,23-24H,7-8,16-18,29,34H2,1H3/b11-6+. The van der Waals surface area contributed by atoms with Crippen LogP contribution in [0.15, 0.2) is 67.0 Å². The second-order valence-corrected chi connectivity index (χ2v) is 10.1. The number of pyridine rings is 1. The van der Waals surface area contributed by atoms with Crippen molar-refractivity contribution in [2.24, 2.45) is 0 Å². The van der Waals surface area contributed by atoms with Crippen molar-refractivity contribution in [1.82, 2.24) is 14.8 Å². The zero-order valence-corrected chi connectivity index (χ0v) is 20.7. The van der Waals surface area contributed by atoms with Gasteiger partial charge in [-0.25, -0.2) is 0 Å². The van der Waals surface area contributed by atoms with Gasteiger partial charge < -0.3 is 10.6 Å². The van der Waals surface area contributed by atoms with Crippen LogP contribution in [0.3, 0.4) is 0 Å². The van der Waals surface area contributed by atoms with E-state index in [0.717, 1.165) is 54.7 Å². The van der Waals surface area contributed by atoms with Crippen LogP contribution in [-0.2, 0) is 11.3 Å². The van der Waals surface area contributed by atoms with Gasteiger partial charge in [-0.1, -0.05) is 30.3 Å². The number of carbonyl (C=O) groups is 1. The number of likely N-dealkylation sites (tertiary alicyclic amines) is 1. The molecule has 34 heavy (non-hydrogen) atoms. The van der Waals surface area contributed by atoms with Gasteiger partial charge in [0.25, 0.3) is 0 Å². The van der Waals surface area contributed by atoms with E-state index in [0.29, 0.717) is 5.69 Å². The van der Waals surface area contributed by atoms with Gasteiger partial charge in [-0.15, -0.1) is 9.24 Å². The molecule has 2 aliphatic heterocycles. The van der Waals surface area contributed by atoms with Gasteiger partial charge in [-0.3, -0.25) is 14.7 Å². The molecule has 0 spiro atoms. The summed E-state index contributed by atoms with van der Waals surface area (Å²) in [6, 6.07) is 17.2. The summed E-state index contributed by atoms with van der Waals surface area (Å²) in [6.07, 6.45) is 9.33. The molecule has 174 valence electrons. The molecule has 2 aromatic carbocycles. The lowest BCUT2D eigenvalue weighted by molar-refractivity contribution is -0.131. The smallest absolute Gasteiger partial charge is 0.247 e. The molecular formula is C28H31N4OP. The number of piperazine rings is 1. The van der Waals surface area contributed by atoms with Crippen LogP contribution in [0.25, 0.3) is 17.2 Å². The van der Waals surface area contributed by atoms with Gasteiger partial charge in [-0.05, 0) is 71.6 Å². The molecule has 3 heterocycles. The zero-order chi connectivity index (χ0) is 23.7. The highest BCUT2D eigenvalue weighted by Crippen LogP contribution is 2.32. The number of nitrogens with zero attached hydrogens (tertiary/aromatic N) is 3. The maximum absolute atomic E-state index is 13.2. The summed E-state index contributed by atoms with van der Waals surface area (Å²) in [6.45, 7) is 4.84. The van der Waals surface area contributed by atoms with Crippen LogP contribution in [-0.4, -0.2) is 45.9 Å². The molecule has 5 rings (SSSR count). The van der Waals surface area contributed by atoms with Crippen molar-refractivity contribution in [2.75, 3.05) is 18.8 Å². The van der Waals surface area contributed by atoms with Crippen LogP contribution >= 0.6 is 9.24 Å². The highest BCUT2D eigenvalue weighted by Gasteiger charge is 2.41. The third kappa shape index (κ3) is 4.77. The molecular weight excluding hydrogens is 439 g/mol. The molecule has 6 heteroatoms. The van der Waals surface area contributed by atoms with E-state index >= 15 is 0 Å². The normalized spacial score (nSPS) is 20.2. The minimum absolute atomic E-state index is 0.0856. The molecule has 2 saturated heterocycles. The van der Waals surface area contributed by atoms with E-state index in [1.54, 1.807) is 12.3 Å². The molecule has 2 bridgehead atoms. The second kappa shape index (κ2) is 9.69. The van der Waals surface area contributed by atoms with Gasteiger partial charge in [0.05, 0.1) is 0 Å². The minimum atomic E-state index is 0.0856. The number of nitrogen functional groups attached to an aromatic ring is 1. The Bertz CT molecular complexity index is 1200. The average Bonchev–Trinajstić information content (AvgIpc) is 3.11. The molecule has 0 radical (unpaired) electrons. The summed E-state index contributed by atoms with van der Waals surface area (Å²) in [4.78, 5) is 22.1. The Morgan fingerprint density at radius 3 is 2.56 bits per heavy atom. The fourth-order valence-electron chi connectivity index (χ4n) is 5.33. The lowest BCUT2D eigenvalue weighted by Gasteiger charge is -2.40. The number of aromatic nitrogens is 1. The van der Waals surface area contributed by atoms with Crippen LogP contribution in [0.1, 0.15) is 29.5 Å². The molecule has 1 amide bonds. The first kappa shape index (κ1) is 22.8. The molecule has 5 nitrogen and oxygen atoms in total. The van der Waals surface area contributed by atoms with E-state index < -0.39 is 0 Å². The SMILES string of the molecule is Cc1cc(N)c(/C=C/C(=O)N2C3CCC2CN(Cc2ccc(P)cc2)C3)cc1-c1cccnc1. The fourth-order valence-corrected chi connectivity index (χ4v) is 5.52. The molecule has 3 atom stereocenters. The fraction of sp³-hybridized carbons (Fsp3) is 0.286. The van der Waals surface area contributed by atoms with E-state index in [1.807, 2.05) is 37.4 Å². The zero-order valence-electron chi connectivity index (χ0n) is 19.5. The molecule has 1 aromatic heterocycles. The highest BCUT2D eigenvalue weighted by molar-refractivity contribution is 7.27. The van der Waals surface area contributed by atoms with Crippen molar-refractivity contribution in [1.29, 1.82) is 0 Å². The lowest BCUT2D eigenvalue weighted by Crippen LogP contribution is -2.55. The van der Waals surface area contributed by atoms with E-state index in [2.05, 4.69) is 54.4 Å². The number of carbonyl (C=O) groups excluding carboxylic acids is 1. The molecule has 0 aliphatic carbocycles. The van der Waals surface area contributed by atoms with Crippen molar-refractivity contribution >= 4 is 32.2 Å². The second-order valence-electron chi connectivity index (χ2n) is 9.44.